The first-order valence-electron chi connectivity index (χ1n) is 12.5. The van der Waals surface area contributed by atoms with E-state index < -0.39 is 16.7 Å². The summed E-state index contributed by atoms with van der Waals surface area (Å²) in [6.07, 6.45) is 2.92. The largest absolute Gasteiger partial charge is 0.512 e. The van der Waals surface area contributed by atoms with Gasteiger partial charge >= 0.3 is 0 Å². The van der Waals surface area contributed by atoms with Crippen LogP contribution >= 0.6 is 11.6 Å². The van der Waals surface area contributed by atoms with Crippen LogP contribution in [-0.2, 0) is 9.59 Å². The Bertz CT molecular complexity index is 1440. The van der Waals surface area contributed by atoms with Gasteiger partial charge in [-0.05, 0) is 47.2 Å². The van der Waals surface area contributed by atoms with E-state index in [9.17, 15) is 19.8 Å². The summed E-state index contributed by atoms with van der Waals surface area (Å²) in [6.45, 7) is 7.73. The molecule has 0 saturated heterocycles. The van der Waals surface area contributed by atoms with Crippen LogP contribution in [0.3, 0.4) is 0 Å². The summed E-state index contributed by atoms with van der Waals surface area (Å²) in [5.74, 6) is -0.933. The van der Waals surface area contributed by atoms with Crippen molar-refractivity contribution in [3.63, 3.8) is 0 Å². The van der Waals surface area contributed by atoms with Gasteiger partial charge in [0.05, 0.1) is 17.1 Å². The van der Waals surface area contributed by atoms with Crippen LogP contribution in [0, 0.1) is 10.8 Å². The maximum atomic E-state index is 13.6. The molecule has 2 heterocycles. The number of aliphatic hydroxyl groups excluding tert-OH is 2. The lowest BCUT2D eigenvalue weighted by molar-refractivity contribution is -0.119. The molecule has 37 heavy (non-hydrogen) atoms. The van der Waals surface area contributed by atoms with E-state index in [2.05, 4.69) is 0 Å². The number of aromatic nitrogens is 2. The molecule has 0 spiro atoms. The predicted octanol–water partition coefficient (Wildman–Crippen LogP) is 7.14. The number of carbonyl (C=O) groups is 2. The third-order valence-corrected chi connectivity index (χ3v) is 7.57. The molecule has 0 radical (unpaired) electrons. The number of halogens is 1. The SMILES string of the molecule is CC1(C)CC(=O)C(C(C2=C(O)CC(C)(C)CC2=O)c2nc(-c3ccc(Cl)cc3)n3ccccc23)=C(O)C1. The molecule has 0 atom stereocenters. The van der Waals surface area contributed by atoms with Crippen LogP contribution in [-0.4, -0.2) is 31.2 Å². The van der Waals surface area contributed by atoms with Crippen LogP contribution in [0.2, 0.25) is 5.02 Å². The summed E-state index contributed by atoms with van der Waals surface area (Å²) >= 11 is 6.12. The number of hydrogen-bond donors (Lipinski definition) is 2. The van der Waals surface area contributed by atoms with E-state index in [0.29, 0.717) is 34.9 Å². The van der Waals surface area contributed by atoms with Gasteiger partial charge in [0.2, 0.25) is 0 Å². The number of nitrogens with zero attached hydrogens (tertiary/aromatic N) is 2. The number of fused-ring (bicyclic) bond motifs is 1. The molecule has 5 rings (SSSR count). The first-order chi connectivity index (χ1) is 17.4. The van der Waals surface area contributed by atoms with Crippen LogP contribution in [0.25, 0.3) is 16.9 Å². The first-order valence-corrected chi connectivity index (χ1v) is 12.9. The van der Waals surface area contributed by atoms with Crippen LogP contribution in [0.4, 0.5) is 0 Å². The summed E-state index contributed by atoms with van der Waals surface area (Å²) in [5, 5.41) is 23.1. The van der Waals surface area contributed by atoms with Gasteiger partial charge in [0.15, 0.2) is 11.6 Å². The number of ketones is 2. The molecule has 0 aliphatic heterocycles. The normalized spacial score (nSPS) is 19.8. The lowest BCUT2D eigenvalue weighted by Crippen LogP contribution is -2.33. The van der Waals surface area contributed by atoms with Gasteiger partial charge in [0, 0.05) is 53.6 Å². The third-order valence-electron chi connectivity index (χ3n) is 7.32. The summed E-state index contributed by atoms with van der Waals surface area (Å²) in [6, 6.07) is 12.9. The minimum atomic E-state index is -0.981. The summed E-state index contributed by atoms with van der Waals surface area (Å²) in [4.78, 5) is 32.1. The average Bonchev–Trinajstić information content (AvgIpc) is 3.15. The molecule has 192 valence electrons. The van der Waals surface area contributed by atoms with E-state index in [1.807, 2.05) is 68.6 Å². The molecular weight excluding hydrogens is 488 g/mol. The van der Waals surface area contributed by atoms with E-state index in [4.69, 9.17) is 16.6 Å². The second-order valence-corrected chi connectivity index (χ2v) is 12.3. The van der Waals surface area contributed by atoms with Gasteiger partial charge in [-0.1, -0.05) is 45.4 Å². The fourth-order valence-electron chi connectivity index (χ4n) is 5.75. The number of rotatable bonds is 4. The van der Waals surface area contributed by atoms with Crippen molar-refractivity contribution in [1.29, 1.82) is 0 Å². The minimum absolute atomic E-state index is 0.0469. The van der Waals surface area contributed by atoms with E-state index in [-0.39, 0.29) is 47.1 Å². The molecule has 7 heteroatoms. The zero-order chi connectivity index (χ0) is 26.7. The van der Waals surface area contributed by atoms with E-state index in [1.54, 1.807) is 12.1 Å². The van der Waals surface area contributed by atoms with Gasteiger partial charge in [-0.15, -0.1) is 0 Å². The molecule has 2 aromatic heterocycles. The van der Waals surface area contributed by atoms with Crippen LogP contribution in [0.1, 0.15) is 65.0 Å². The van der Waals surface area contributed by atoms with E-state index in [0.717, 1.165) is 5.56 Å². The Morgan fingerprint density at radius 1 is 0.838 bits per heavy atom. The summed E-state index contributed by atoms with van der Waals surface area (Å²) < 4.78 is 1.90. The van der Waals surface area contributed by atoms with Gasteiger partial charge in [-0.25, -0.2) is 4.98 Å². The smallest absolute Gasteiger partial charge is 0.163 e. The Labute approximate surface area is 221 Å². The number of carbonyl (C=O) groups excluding carboxylic acids is 2. The van der Waals surface area contributed by atoms with Crippen LogP contribution in [0.5, 0.6) is 0 Å². The van der Waals surface area contributed by atoms with Gasteiger partial charge in [0.25, 0.3) is 0 Å². The minimum Gasteiger partial charge on any atom is -0.512 e. The maximum absolute atomic E-state index is 13.6. The molecule has 0 unspecified atom stereocenters. The van der Waals surface area contributed by atoms with Gasteiger partial charge in [0.1, 0.15) is 17.3 Å². The lowest BCUT2D eigenvalue weighted by atomic mass is 9.67. The Hall–Kier alpha value is -3.38. The van der Waals surface area contributed by atoms with Crippen LogP contribution < -0.4 is 0 Å². The highest BCUT2D eigenvalue weighted by Crippen LogP contribution is 2.48. The zero-order valence-electron chi connectivity index (χ0n) is 21.5. The molecule has 1 aromatic carbocycles. The lowest BCUT2D eigenvalue weighted by Gasteiger charge is -2.36. The Morgan fingerprint density at radius 3 is 1.89 bits per heavy atom. The number of imidazole rings is 1. The third kappa shape index (κ3) is 4.59. The Kier molecular flexibility index (Phi) is 6.06. The quantitative estimate of drug-likeness (QED) is 0.383. The number of aliphatic hydroxyl groups is 2. The second kappa shape index (κ2) is 8.88. The van der Waals surface area contributed by atoms with Crippen molar-refractivity contribution in [3.05, 3.63) is 82.0 Å². The van der Waals surface area contributed by atoms with Crippen molar-refractivity contribution < 1.29 is 19.8 Å². The molecule has 2 aliphatic rings. The summed E-state index contributed by atoms with van der Waals surface area (Å²) in [5.41, 5.74) is 1.44. The van der Waals surface area contributed by atoms with Gasteiger partial charge in [-0.3, -0.25) is 14.0 Å². The number of allylic oxidation sites excluding steroid dienone is 4. The standard InChI is InChI=1S/C30H31ClN2O4/c1-29(2)13-20(34)24(21(35)14-29)26(25-22(36)15-30(3,4)16-23(25)37)27-19-7-5-6-12-33(19)28(32-27)17-8-10-18(31)11-9-17/h5-12,26,34,36H,13-16H2,1-4H3. The fraction of sp³-hybridized carbons (Fsp3) is 0.367. The summed E-state index contributed by atoms with van der Waals surface area (Å²) in [7, 11) is 0. The van der Waals surface area contributed by atoms with E-state index >= 15 is 0 Å². The number of Topliss-reactive ketones (excluding diaryl/α,β-unsaturated/α-hetero) is 2. The second-order valence-electron chi connectivity index (χ2n) is 11.8. The molecule has 2 aliphatic carbocycles. The Morgan fingerprint density at radius 2 is 1.38 bits per heavy atom. The molecule has 0 saturated carbocycles. The van der Waals surface area contributed by atoms with Crippen molar-refractivity contribution in [2.45, 2.75) is 59.3 Å². The average molecular weight is 519 g/mol. The number of benzene rings is 1. The fourth-order valence-corrected chi connectivity index (χ4v) is 5.88. The highest BCUT2D eigenvalue weighted by Gasteiger charge is 2.45. The van der Waals surface area contributed by atoms with Crippen molar-refractivity contribution in [1.82, 2.24) is 9.38 Å². The maximum Gasteiger partial charge on any atom is 0.163 e. The molecule has 6 nitrogen and oxygen atoms in total. The van der Waals surface area contributed by atoms with Crippen molar-refractivity contribution in [2.75, 3.05) is 0 Å². The monoisotopic (exact) mass is 518 g/mol. The number of pyridine rings is 1. The predicted molar refractivity (Wildman–Crippen MR) is 144 cm³/mol. The zero-order valence-corrected chi connectivity index (χ0v) is 22.3. The highest BCUT2D eigenvalue weighted by molar-refractivity contribution is 6.30. The van der Waals surface area contributed by atoms with Gasteiger partial charge < -0.3 is 10.2 Å². The first kappa shape index (κ1) is 25.3. The van der Waals surface area contributed by atoms with Crippen molar-refractivity contribution >= 4 is 28.7 Å². The van der Waals surface area contributed by atoms with Crippen LogP contribution in [0.15, 0.2) is 71.3 Å². The molecule has 0 fully saturated rings. The molecule has 2 N–H and O–H groups in total. The molecule has 0 bridgehead atoms. The van der Waals surface area contributed by atoms with E-state index in [1.165, 1.54) is 0 Å². The Balaban J connectivity index is 1.81. The highest BCUT2D eigenvalue weighted by atomic mass is 35.5. The molecular formula is C30H31ClN2O4. The number of hydrogen-bond acceptors (Lipinski definition) is 5. The topological polar surface area (TPSA) is 91.9 Å². The molecule has 0 amide bonds. The van der Waals surface area contributed by atoms with Gasteiger partial charge in [-0.2, -0.15) is 0 Å². The van der Waals surface area contributed by atoms with Crippen molar-refractivity contribution in [3.8, 4) is 11.4 Å². The molecule has 3 aromatic rings. The van der Waals surface area contributed by atoms with Crippen molar-refractivity contribution in [2.24, 2.45) is 10.8 Å².